The summed E-state index contributed by atoms with van der Waals surface area (Å²) in [5.74, 6) is 3.38. The van der Waals surface area contributed by atoms with E-state index in [2.05, 4.69) is 36.1 Å². The number of ether oxygens (including phenoxy) is 2. The molecule has 1 saturated heterocycles. The minimum absolute atomic E-state index is 0.309. The maximum absolute atomic E-state index is 5.44. The lowest BCUT2D eigenvalue weighted by molar-refractivity contribution is 0.174. The molecule has 1 aromatic heterocycles. The van der Waals surface area contributed by atoms with Crippen molar-refractivity contribution >= 4 is 11.9 Å². The van der Waals surface area contributed by atoms with E-state index in [1.807, 2.05) is 25.2 Å². The van der Waals surface area contributed by atoms with Crippen molar-refractivity contribution in [3.63, 3.8) is 0 Å². The molecular weight excluding hydrogens is 344 g/mol. The molecule has 2 aliphatic heterocycles. The van der Waals surface area contributed by atoms with E-state index in [-0.39, 0.29) is 0 Å². The number of aliphatic imine (C=N–C) groups is 1. The minimum atomic E-state index is 0.309. The first-order valence-corrected chi connectivity index (χ1v) is 9.19. The Labute approximate surface area is 158 Å². The molecule has 0 atom stereocenters. The molecule has 0 unspecified atom stereocenters. The molecule has 3 heterocycles. The van der Waals surface area contributed by atoms with Gasteiger partial charge in [0, 0.05) is 52.2 Å². The van der Waals surface area contributed by atoms with Gasteiger partial charge in [0.25, 0.3) is 0 Å². The third-order valence-corrected chi connectivity index (χ3v) is 4.76. The Morgan fingerprint density at radius 1 is 1.11 bits per heavy atom. The lowest BCUT2D eigenvalue weighted by Gasteiger charge is -2.36. The zero-order chi connectivity index (χ0) is 18.5. The average Bonchev–Trinajstić information content (AvgIpc) is 3.20. The molecule has 142 valence electrons. The van der Waals surface area contributed by atoms with Crippen LogP contribution >= 0.6 is 0 Å². The number of guanidine groups is 1. The molecule has 8 nitrogen and oxygen atoms in total. The molecule has 4 rings (SSSR count). The third kappa shape index (κ3) is 4.05. The van der Waals surface area contributed by atoms with Crippen molar-refractivity contribution in [2.75, 3.05) is 51.5 Å². The van der Waals surface area contributed by atoms with E-state index in [1.54, 1.807) is 12.4 Å². The first-order valence-electron chi connectivity index (χ1n) is 9.19. The van der Waals surface area contributed by atoms with Crippen LogP contribution in [0.3, 0.4) is 0 Å². The maximum atomic E-state index is 5.44. The predicted molar refractivity (Wildman–Crippen MR) is 103 cm³/mol. The van der Waals surface area contributed by atoms with Crippen LogP contribution < -0.4 is 19.7 Å². The molecule has 8 heteroatoms. The number of hydrogen-bond donors (Lipinski definition) is 1. The zero-order valence-electron chi connectivity index (χ0n) is 15.5. The molecule has 2 aromatic rings. The highest BCUT2D eigenvalue weighted by Crippen LogP contribution is 2.32. The molecule has 27 heavy (non-hydrogen) atoms. The van der Waals surface area contributed by atoms with E-state index in [4.69, 9.17) is 9.47 Å². The van der Waals surface area contributed by atoms with Gasteiger partial charge in [-0.15, -0.1) is 0 Å². The van der Waals surface area contributed by atoms with Gasteiger partial charge in [-0.2, -0.15) is 0 Å². The summed E-state index contributed by atoms with van der Waals surface area (Å²) in [5.41, 5.74) is 1.22. The summed E-state index contributed by atoms with van der Waals surface area (Å²) in [7, 11) is 1.83. The van der Waals surface area contributed by atoms with Gasteiger partial charge in [0.05, 0.1) is 0 Å². The van der Waals surface area contributed by atoms with Crippen molar-refractivity contribution in [3.8, 4) is 11.5 Å². The fourth-order valence-electron chi connectivity index (χ4n) is 3.32. The summed E-state index contributed by atoms with van der Waals surface area (Å²) in [6, 6.07) is 7.94. The summed E-state index contributed by atoms with van der Waals surface area (Å²) < 4.78 is 10.8. The van der Waals surface area contributed by atoms with Crippen LogP contribution in [0.15, 0.2) is 41.7 Å². The number of anilines is 1. The molecule has 0 radical (unpaired) electrons. The predicted octanol–water partition coefficient (Wildman–Crippen LogP) is 1.15. The van der Waals surface area contributed by atoms with Crippen molar-refractivity contribution in [1.29, 1.82) is 0 Å². The SMILES string of the molecule is CN=C(NCCc1ccc2c(c1)OCO2)N1CCN(c2ncccn2)CC1. The number of benzene rings is 1. The van der Waals surface area contributed by atoms with Gasteiger partial charge in [0.2, 0.25) is 12.7 Å². The van der Waals surface area contributed by atoms with Crippen molar-refractivity contribution in [1.82, 2.24) is 20.2 Å². The molecule has 0 bridgehead atoms. The Morgan fingerprint density at radius 3 is 2.67 bits per heavy atom. The maximum Gasteiger partial charge on any atom is 0.231 e. The quantitative estimate of drug-likeness (QED) is 0.641. The van der Waals surface area contributed by atoms with Crippen LogP contribution in [0.5, 0.6) is 11.5 Å². The van der Waals surface area contributed by atoms with Gasteiger partial charge in [0.15, 0.2) is 17.5 Å². The van der Waals surface area contributed by atoms with Crippen LogP contribution in [0.1, 0.15) is 5.56 Å². The third-order valence-electron chi connectivity index (χ3n) is 4.76. The number of nitrogens with zero attached hydrogens (tertiary/aromatic N) is 5. The fraction of sp³-hybridized carbons (Fsp3) is 0.421. The molecule has 1 fully saturated rings. The largest absolute Gasteiger partial charge is 0.454 e. The van der Waals surface area contributed by atoms with E-state index in [1.165, 1.54) is 5.56 Å². The lowest BCUT2D eigenvalue weighted by atomic mass is 10.1. The molecule has 1 N–H and O–H groups in total. The van der Waals surface area contributed by atoms with Crippen LogP contribution in [0.2, 0.25) is 0 Å². The van der Waals surface area contributed by atoms with E-state index in [0.29, 0.717) is 6.79 Å². The van der Waals surface area contributed by atoms with Gasteiger partial charge >= 0.3 is 0 Å². The van der Waals surface area contributed by atoms with Crippen LogP contribution in [0.4, 0.5) is 5.95 Å². The fourth-order valence-corrected chi connectivity index (χ4v) is 3.32. The van der Waals surface area contributed by atoms with Crippen molar-refractivity contribution in [2.24, 2.45) is 4.99 Å². The standard InChI is InChI=1S/C19H24N6O2/c1-20-18(23-8-5-15-3-4-16-17(13-15)27-14-26-16)24-9-11-25(12-10-24)19-21-6-2-7-22-19/h2-4,6-7,13H,5,8-12,14H2,1H3,(H,20,23). The normalized spacial score (nSPS) is 16.6. The number of rotatable bonds is 4. The summed E-state index contributed by atoms with van der Waals surface area (Å²) in [5, 5.41) is 3.46. The Kier molecular flexibility index (Phi) is 5.22. The molecule has 1 aromatic carbocycles. The number of nitrogens with one attached hydrogen (secondary N) is 1. The second kappa shape index (κ2) is 8.11. The summed E-state index contributed by atoms with van der Waals surface area (Å²) in [4.78, 5) is 17.6. The Morgan fingerprint density at radius 2 is 1.89 bits per heavy atom. The van der Waals surface area contributed by atoms with E-state index in [0.717, 1.165) is 62.6 Å². The molecule has 0 saturated carbocycles. The monoisotopic (exact) mass is 368 g/mol. The van der Waals surface area contributed by atoms with Gasteiger partial charge in [0.1, 0.15) is 0 Å². The highest BCUT2D eigenvalue weighted by molar-refractivity contribution is 5.80. The molecule has 0 amide bonds. The van der Waals surface area contributed by atoms with Crippen molar-refractivity contribution in [3.05, 3.63) is 42.2 Å². The average molecular weight is 368 g/mol. The van der Waals surface area contributed by atoms with Crippen LogP contribution in [0, 0.1) is 0 Å². The molecule has 0 aliphatic carbocycles. The number of hydrogen-bond acceptors (Lipinski definition) is 6. The van der Waals surface area contributed by atoms with E-state index in [9.17, 15) is 0 Å². The van der Waals surface area contributed by atoms with Gasteiger partial charge in [-0.1, -0.05) is 6.07 Å². The van der Waals surface area contributed by atoms with Gasteiger partial charge < -0.3 is 24.6 Å². The minimum Gasteiger partial charge on any atom is -0.454 e. The van der Waals surface area contributed by atoms with Crippen LogP contribution in [-0.2, 0) is 6.42 Å². The van der Waals surface area contributed by atoms with E-state index < -0.39 is 0 Å². The molecular formula is C19H24N6O2. The Bertz CT molecular complexity index is 790. The Balaban J connectivity index is 1.26. The highest BCUT2D eigenvalue weighted by atomic mass is 16.7. The van der Waals surface area contributed by atoms with Gasteiger partial charge in [-0.25, -0.2) is 9.97 Å². The van der Waals surface area contributed by atoms with Crippen molar-refractivity contribution in [2.45, 2.75) is 6.42 Å². The molecule has 0 spiro atoms. The lowest BCUT2D eigenvalue weighted by Crippen LogP contribution is -2.53. The number of fused-ring (bicyclic) bond motifs is 1. The first-order chi connectivity index (χ1) is 13.3. The number of piperazine rings is 1. The summed E-state index contributed by atoms with van der Waals surface area (Å²) in [6.45, 7) is 4.67. The molecule has 2 aliphatic rings. The topological polar surface area (TPSA) is 75.1 Å². The highest BCUT2D eigenvalue weighted by Gasteiger charge is 2.21. The van der Waals surface area contributed by atoms with Crippen molar-refractivity contribution < 1.29 is 9.47 Å². The smallest absolute Gasteiger partial charge is 0.231 e. The van der Waals surface area contributed by atoms with Gasteiger partial charge in [-0.05, 0) is 30.2 Å². The summed E-state index contributed by atoms with van der Waals surface area (Å²) >= 11 is 0. The zero-order valence-corrected chi connectivity index (χ0v) is 15.5. The van der Waals surface area contributed by atoms with Crippen LogP contribution in [0.25, 0.3) is 0 Å². The number of aromatic nitrogens is 2. The summed E-state index contributed by atoms with van der Waals surface area (Å²) in [6.07, 6.45) is 4.46. The second-order valence-corrected chi connectivity index (χ2v) is 6.43. The van der Waals surface area contributed by atoms with Crippen LogP contribution in [-0.4, -0.2) is 67.4 Å². The van der Waals surface area contributed by atoms with Gasteiger partial charge in [-0.3, -0.25) is 4.99 Å². The van der Waals surface area contributed by atoms with E-state index >= 15 is 0 Å². The second-order valence-electron chi connectivity index (χ2n) is 6.43. The first kappa shape index (κ1) is 17.4. The Hall–Kier alpha value is -3.03.